The Labute approximate surface area is 121 Å². The first kappa shape index (κ1) is 13.4. The Hall–Kier alpha value is -2.60. The number of para-hydroxylation sites is 1. The van der Waals surface area contributed by atoms with Crippen LogP contribution in [0.3, 0.4) is 0 Å². The van der Waals surface area contributed by atoms with E-state index in [-0.39, 0.29) is 5.56 Å². The summed E-state index contributed by atoms with van der Waals surface area (Å²) < 4.78 is 7.44. The Morgan fingerprint density at radius 2 is 2.19 bits per heavy atom. The number of furan rings is 1. The quantitative estimate of drug-likeness (QED) is 0.678. The zero-order chi connectivity index (χ0) is 14.7. The summed E-state index contributed by atoms with van der Waals surface area (Å²) in [4.78, 5) is 11.4. The number of rotatable bonds is 6. The lowest BCUT2D eigenvalue weighted by Crippen LogP contribution is -2.20. The molecule has 21 heavy (non-hydrogen) atoms. The molecule has 0 aliphatic rings. The average Bonchev–Trinajstić information content (AvgIpc) is 3.10. The highest BCUT2D eigenvalue weighted by Crippen LogP contribution is 2.25. The highest BCUT2D eigenvalue weighted by Gasteiger charge is 2.19. The molecule has 0 aliphatic heterocycles. The molecule has 3 aromatic rings. The minimum Gasteiger partial charge on any atom is -0.478 e. The van der Waals surface area contributed by atoms with Gasteiger partial charge in [0.15, 0.2) is 0 Å². The van der Waals surface area contributed by atoms with E-state index in [1.807, 2.05) is 23.0 Å². The summed E-state index contributed by atoms with van der Waals surface area (Å²) in [7, 11) is 0. The number of hydrogen-bond donors (Lipinski definition) is 2. The van der Waals surface area contributed by atoms with Gasteiger partial charge in [0.25, 0.3) is 0 Å². The molecule has 0 fully saturated rings. The lowest BCUT2D eigenvalue weighted by Gasteiger charge is -2.04. The number of fused-ring (bicyclic) bond motifs is 1. The minimum absolute atomic E-state index is 0.234. The molecule has 0 amide bonds. The van der Waals surface area contributed by atoms with E-state index in [2.05, 4.69) is 10.4 Å². The highest BCUT2D eigenvalue weighted by molar-refractivity contribution is 6.03. The second-order valence-electron chi connectivity index (χ2n) is 4.65. The molecule has 2 aromatic heterocycles. The van der Waals surface area contributed by atoms with Crippen molar-refractivity contribution in [2.24, 2.45) is 0 Å². The third-order valence-electron chi connectivity index (χ3n) is 3.24. The van der Waals surface area contributed by atoms with Crippen molar-refractivity contribution in [3.8, 4) is 0 Å². The Balaban J connectivity index is 1.71. The summed E-state index contributed by atoms with van der Waals surface area (Å²) >= 11 is 0. The average molecular weight is 285 g/mol. The van der Waals surface area contributed by atoms with Crippen LogP contribution in [0, 0.1) is 0 Å². The van der Waals surface area contributed by atoms with Gasteiger partial charge in [0.2, 0.25) is 0 Å². The maximum Gasteiger partial charge on any atom is 0.339 e. The van der Waals surface area contributed by atoms with Crippen molar-refractivity contribution < 1.29 is 14.3 Å². The molecule has 108 valence electrons. The lowest BCUT2D eigenvalue weighted by molar-refractivity contribution is 0.0696. The molecule has 2 heterocycles. The van der Waals surface area contributed by atoms with E-state index in [9.17, 15) is 9.90 Å². The van der Waals surface area contributed by atoms with Gasteiger partial charge in [-0.2, -0.15) is 5.10 Å². The maximum absolute atomic E-state index is 11.4. The van der Waals surface area contributed by atoms with Crippen LogP contribution in [0.15, 0.2) is 47.1 Å². The number of nitrogens with zero attached hydrogens (tertiary/aromatic N) is 2. The van der Waals surface area contributed by atoms with Crippen LogP contribution in [0.1, 0.15) is 16.1 Å². The molecule has 0 bridgehead atoms. The number of aromatic carboxylic acids is 1. The lowest BCUT2D eigenvalue weighted by atomic mass is 10.1. The molecule has 0 aliphatic carbocycles. The Morgan fingerprint density at radius 3 is 2.95 bits per heavy atom. The smallest absolute Gasteiger partial charge is 0.339 e. The van der Waals surface area contributed by atoms with Crippen LogP contribution in [0.5, 0.6) is 0 Å². The van der Waals surface area contributed by atoms with Crippen molar-refractivity contribution in [1.82, 2.24) is 15.1 Å². The number of carboxylic acid groups (broad SMARTS) is 1. The molecule has 0 atom stereocenters. The summed E-state index contributed by atoms with van der Waals surface area (Å²) in [5, 5.41) is 17.3. The predicted molar refractivity (Wildman–Crippen MR) is 77.1 cm³/mol. The number of aromatic nitrogens is 2. The van der Waals surface area contributed by atoms with Gasteiger partial charge in [-0.25, -0.2) is 4.79 Å². The second-order valence-corrected chi connectivity index (χ2v) is 4.65. The fraction of sp³-hybridized carbons (Fsp3) is 0.200. The van der Waals surface area contributed by atoms with E-state index in [1.165, 1.54) is 0 Å². The molecule has 0 unspecified atom stereocenters. The summed E-state index contributed by atoms with van der Waals surface area (Å²) in [6, 6.07) is 9.03. The summed E-state index contributed by atoms with van der Waals surface area (Å²) in [5.41, 5.74) is 0.830. The largest absolute Gasteiger partial charge is 0.478 e. The third-order valence-corrected chi connectivity index (χ3v) is 3.24. The standard InChI is InChI=1S/C15H15N3O3/c19-15(20)14-11-4-1-2-5-12(11)21-13(14)10-16-7-9-18-8-3-6-17-18/h1-6,8,16H,7,9-10H2,(H,19,20). The van der Waals surface area contributed by atoms with E-state index >= 15 is 0 Å². The van der Waals surface area contributed by atoms with Gasteiger partial charge in [0.05, 0.1) is 13.1 Å². The van der Waals surface area contributed by atoms with Crippen molar-refractivity contribution in [1.29, 1.82) is 0 Å². The van der Waals surface area contributed by atoms with E-state index in [4.69, 9.17) is 4.42 Å². The van der Waals surface area contributed by atoms with Crippen molar-refractivity contribution in [3.05, 3.63) is 54.0 Å². The van der Waals surface area contributed by atoms with Gasteiger partial charge in [0, 0.05) is 24.3 Å². The molecule has 6 nitrogen and oxygen atoms in total. The van der Waals surface area contributed by atoms with Crippen molar-refractivity contribution >= 4 is 16.9 Å². The van der Waals surface area contributed by atoms with Gasteiger partial charge in [-0.1, -0.05) is 18.2 Å². The van der Waals surface area contributed by atoms with E-state index < -0.39 is 5.97 Å². The molecule has 2 N–H and O–H groups in total. The highest BCUT2D eigenvalue weighted by atomic mass is 16.4. The van der Waals surface area contributed by atoms with E-state index in [0.717, 1.165) is 6.54 Å². The molecule has 0 saturated heterocycles. The maximum atomic E-state index is 11.4. The van der Waals surface area contributed by atoms with Crippen LogP contribution in [0.4, 0.5) is 0 Å². The fourth-order valence-electron chi connectivity index (χ4n) is 2.28. The van der Waals surface area contributed by atoms with Crippen LogP contribution in [-0.2, 0) is 13.1 Å². The van der Waals surface area contributed by atoms with E-state index in [0.29, 0.717) is 29.8 Å². The molecular weight excluding hydrogens is 270 g/mol. The third kappa shape index (κ3) is 2.80. The van der Waals surface area contributed by atoms with Crippen LogP contribution in [0.2, 0.25) is 0 Å². The topological polar surface area (TPSA) is 80.3 Å². The molecular formula is C15H15N3O3. The van der Waals surface area contributed by atoms with Crippen LogP contribution >= 0.6 is 0 Å². The molecule has 1 aromatic carbocycles. The minimum atomic E-state index is -0.969. The van der Waals surface area contributed by atoms with Gasteiger partial charge in [-0.15, -0.1) is 0 Å². The fourth-order valence-corrected chi connectivity index (χ4v) is 2.28. The second kappa shape index (κ2) is 5.80. The van der Waals surface area contributed by atoms with Gasteiger partial charge in [-0.05, 0) is 12.1 Å². The van der Waals surface area contributed by atoms with Gasteiger partial charge in [-0.3, -0.25) is 4.68 Å². The zero-order valence-corrected chi connectivity index (χ0v) is 11.3. The van der Waals surface area contributed by atoms with Crippen molar-refractivity contribution in [3.63, 3.8) is 0 Å². The summed E-state index contributed by atoms with van der Waals surface area (Å²) in [6.45, 7) is 1.77. The number of nitrogens with one attached hydrogen (secondary N) is 1. The number of hydrogen-bond acceptors (Lipinski definition) is 4. The monoisotopic (exact) mass is 285 g/mol. The Bertz CT molecular complexity index is 747. The SMILES string of the molecule is O=C(O)c1c(CNCCn2cccn2)oc2ccccc12. The van der Waals surface area contributed by atoms with Crippen LogP contribution in [0.25, 0.3) is 11.0 Å². The first-order valence-corrected chi connectivity index (χ1v) is 6.67. The van der Waals surface area contributed by atoms with Crippen LogP contribution in [-0.4, -0.2) is 27.4 Å². The Morgan fingerprint density at radius 1 is 1.33 bits per heavy atom. The molecule has 6 heteroatoms. The normalized spacial score (nSPS) is 11.0. The first-order chi connectivity index (χ1) is 10.3. The van der Waals surface area contributed by atoms with Crippen molar-refractivity contribution in [2.75, 3.05) is 6.54 Å². The molecule has 3 rings (SSSR count). The van der Waals surface area contributed by atoms with Gasteiger partial charge < -0.3 is 14.8 Å². The Kier molecular flexibility index (Phi) is 3.70. The van der Waals surface area contributed by atoms with Crippen molar-refractivity contribution in [2.45, 2.75) is 13.1 Å². The first-order valence-electron chi connectivity index (χ1n) is 6.67. The number of benzene rings is 1. The zero-order valence-electron chi connectivity index (χ0n) is 11.3. The molecule has 0 spiro atoms. The number of carboxylic acids is 1. The molecule has 0 saturated carbocycles. The van der Waals surface area contributed by atoms with Crippen LogP contribution < -0.4 is 5.32 Å². The van der Waals surface area contributed by atoms with E-state index in [1.54, 1.807) is 24.4 Å². The molecule has 0 radical (unpaired) electrons. The van der Waals surface area contributed by atoms with Gasteiger partial charge >= 0.3 is 5.97 Å². The summed E-state index contributed by atoms with van der Waals surface area (Å²) in [6.07, 6.45) is 3.60. The van der Waals surface area contributed by atoms with Gasteiger partial charge in [0.1, 0.15) is 16.9 Å². The predicted octanol–water partition coefficient (Wildman–Crippen LogP) is 2.12. The summed E-state index contributed by atoms with van der Waals surface area (Å²) in [5.74, 6) is -0.520. The number of carbonyl (C=O) groups is 1.